The van der Waals surface area contributed by atoms with Gasteiger partial charge in [-0.2, -0.15) is 0 Å². The van der Waals surface area contributed by atoms with Crippen LogP contribution in [0.3, 0.4) is 0 Å². The number of nitrogens with zero attached hydrogens (tertiary/aromatic N) is 1. The number of hydrogen-bond donors (Lipinski definition) is 1. The lowest BCUT2D eigenvalue weighted by atomic mass is 9.76. The minimum absolute atomic E-state index is 0.0545. The number of unbranched alkanes of at least 4 members (excludes halogenated alkanes) is 1. The van der Waals surface area contributed by atoms with E-state index >= 15 is 0 Å². The second-order valence-corrected chi connectivity index (χ2v) is 7.59. The van der Waals surface area contributed by atoms with E-state index in [9.17, 15) is 0 Å². The SMILES string of the molecule is CCCCN(C(C)CC)C1(CN)CC(C)(C)OC1(C)C. The molecular formula is C17H36N2O. The highest BCUT2D eigenvalue weighted by Gasteiger charge is 2.59. The molecule has 0 aromatic carbocycles. The molecule has 0 radical (unpaired) electrons. The first-order valence-corrected chi connectivity index (χ1v) is 8.33. The number of rotatable bonds is 7. The molecule has 0 aromatic rings. The summed E-state index contributed by atoms with van der Waals surface area (Å²) in [6.45, 7) is 17.5. The van der Waals surface area contributed by atoms with Crippen molar-refractivity contribution in [3.8, 4) is 0 Å². The van der Waals surface area contributed by atoms with E-state index in [0.717, 1.165) is 19.4 Å². The van der Waals surface area contributed by atoms with Crippen molar-refractivity contribution in [2.45, 2.75) is 96.9 Å². The summed E-state index contributed by atoms with van der Waals surface area (Å²) >= 11 is 0. The van der Waals surface area contributed by atoms with E-state index in [1.54, 1.807) is 0 Å². The fraction of sp³-hybridized carbons (Fsp3) is 1.00. The van der Waals surface area contributed by atoms with Gasteiger partial charge in [0.25, 0.3) is 0 Å². The zero-order valence-electron chi connectivity index (χ0n) is 14.8. The quantitative estimate of drug-likeness (QED) is 0.777. The molecule has 120 valence electrons. The van der Waals surface area contributed by atoms with Crippen LogP contribution in [0.15, 0.2) is 0 Å². The van der Waals surface area contributed by atoms with Crippen molar-refractivity contribution in [1.29, 1.82) is 0 Å². The summed E-state index contributed by atoms with van der Waals surface area (Å²) in [5.41, 5.74) is 5.95. The van der Waals surface area contributed by atoms with Crippen molar-refractivity contribution < 1.29 is 4.74 Å². The van der Waals surface area contributed by atoms with Gasteiger partial charge in [0.05, 0.1) is 16.7 Å². The zero-order chi connectivity index (χ0) is 15.6. The highest BCUT2D eigenvalue weighted by molar-refractivity contribution is 5.13. The molecule has 1 heterocycles. The van der Waals surface area contributed by atoms with Crippen LogP contribution in [0.5, 0.6) is 0 Å². The van der Waals surface area contributed by atoms with Gasteiger partial charge in [-0.15, -0.1) is 0 Å². The Hall–Kier alpha value is -0.120. The molecule has 3 nitrogen and oxygen atoms in total. The summed E-state index contributed by atoms with van der Waals surface area (Å²) in [7, 11) is 0. The lowest BCUT2D eigenvalue weighted by Crippen LogP contribution is -2.65. The van der Waals surface area contributed by atoms with Gasteiger partial charge in [-0.1, -0.05) is 20.3 Å². The molecule has 3 heteroatoms. The Morgan fingerprint density at radius 2 is 1.80 bits per heavy atom. The Bertz CT molecular complexity index is 314. The Labute approximate surface area is 126 Å². The van der Waals surface area contributed by atoms with Gasteiger partial charge in [-0.05, 0) is 60.4 Å². The Morgan fingerprint density at radius 3 is 2.15 bits per heavy atom. The molecule has 0 amide bonds. The number of ether oxygens (including phenoxy) is 1. The second kappa shape index (κ2) is 6.33. The van der Waals surface area contributed by atoms with Gasteiger partial charge in [-0.3, -0.25) is 4.90 Å². The minimum atomic E-state index is -0.206. The molecular weight excluding hydrogens is 248 g/mol. The van der Waals surface area contributed by atoms with Crippen molar-refractivity contribution in [3.63, 3.8) is 0 Å². The molecule has 1 rings (SSSR count). The maximum absolute atomic E-state index is 6.38. The summed E-state index contributed by atoms with van der Waals surface area (Å²) in [6.07, 6.45) is 4.61. The summed E-state index contributed by atoms with van der Waals surface area (Å²) in [5.74, 6) is 0. The Morgan fingerprint density at radius 1 is 1.20 bits per heavy atom. The Kier molecular flexibility index (Phi) is 5.67. The third kappa shape index (κ3) is 3.20. The summed E-state index contributed by atoms with van der Waals surface area (Å²) in [4.78, 5) is 2.64. The fourth-order valence-corrected chi connectivity index (χ4v) is 4.03. The first kappa shape index (κ1) is 17.9. The van der Waals surface area contributed by atoms with Crippen molar-refractivity contribution in [1.82, 2.24) is 4.90 Å². The van der Waals surface area contributed by atoms with Gasteiger partial charge in [0.2, 0.25) is 0 Å². The van der Waals surface area contributed by atoms with Gasteiger partial charge >= 0.3 is 0 Å². The Balaban J connectivity index is 3.16. The topological polar surface area (TPSA) is 38.5 Å². The van der Waals surface area contributed by atoms with Crippen LogP contribution in [0.4, 0.5) is 0 Å². The molecule has 1 fully saturated rings. The molecule has 0 spiro atoms. The highest BCUT2D eigenvalue weighted by Crippen LogP contribution is 2.48. The van der Waals surface area contributed by atoms with Gasteiger partial charge in [-0.25, -0.2) is 0 Å². The van der Waals surface area contributed by atoms with Crippen molar-refractivity contribution >= 4 is 0 Å². The number of nitrogens with two attached hydrogens (primary N) is 1. The average molecular weight is 284 g/mol. The maximum Gasteiger partial charge on any atom is 0.0830 e. The predicted octanol–water partition coefficient (Wildman–Crippen LogP) is 3.56. The van der Waals surface area contributed by atoms with Crippen LogP contribution in [0.2, 0.25) is 0 Å². The molecule has 2 atom stereocenters. The summed E-state index contributed by atoms with van der Waals surface area (Å²) in [6, 6.07) is 0.543. The van der Waals surface area contributed by atoms with Gasteiger partial charge < -0.3 is 10.5 Å². The normalized spacial score (nSPS) is 29.9. The van der Waals surface area contributed by atoms with E-state index in [1.807, 2.05) is 0 Å². The van der Waals surface area contributed by atoms with Gasteiger partial charge in [0, 0.05) is 12.6 Å². The molecule has 0 bridgehead atoms. The minimum Gasteiger partial charge on any atom is -0.368 e. The monoisotopic (exact) mass is 284 g/mol. The largest absolute Gasteiger partial charge is 0.368 e. The van der Waals surface area contributed by atoms with Crippen molar-refractivity contribution in [2.24, 2.45) is 5.73 Å². The van der Waals surface area contributed by atoms with Crippen LogP contribution in [0, 0.1) is 0 Å². The van der Waals surface area contributed by atoms with Crippen LogP contribution < -0.4 is 5.73 Å². The zero-order valence-corrected chi connectivity index (χ0v) is 14.8. The van der Waals surface area contributed by atoms with Crippen molar-refractivity contribution in [2.75, 3.05) is 13.1 Å². The summed E-state index contributed by atoms with van der Waals surface area (Å²) < 4.78 is 6.38. The van der Waals surface area contributed by atoms with Crippen LogP contribution in [0.25, 0.3) is 0 Å². The van der Waals surface area contributed by atoms with Crippen LogP contribution in [-0.4, -0.2) is 40.8 Å². The molecule has 20 heavy (non-hydrogen) atoms. The van der Waals surface area contributed by atoms with Gasteiger partial charge in [0.15, 0.2) is 0 Å². The molecule has 2 unspecified atom stereocenters. The van der Waals surface area contributed by atoms with Crippen LogP contribution >= 0.6 is 0 Å². The van der Waals surface area contributed by atoms with Crippen LogP contribution in [-0.2, 0) is 4.74 Å². The first-order valence-electron chi connectivity index (χ1n) is 8.33. The molecule has 0 saturated carbocycles. The third-order valence-corrected chi connectivity index (χ3v) is 5.13. The summed E-state index contributed by atoms with van der Waals surface area (Å²) in [5, 5.41) is 0. The van der Waals surface area contributed by atoms with E-state index < -0.39 is 0 Å². The second-order valence-electron chi connectivity index (χ2n) is 7.59. The fourth-order valence-electron chi connectivity index (χ4n) is 4.03. The average Bonchev–Trinajstić information content (AvgIpc) is 2.54. The van der Waals surface area contributed by atoms with E-state index in [1.165, 1.54) is 12.8 Å². The van der Waals surface area contributed by atoms with E-state index in [0.29, 0.717) is 12.6 Å². The number of hydrogen-bond acceptors (Lipinski definition) is 3. The molecule has 1 aliphatic rings. The predicted molar refractivity (Wildman–Crippen MR) is 87.0 cm³/mol. The van der Waals surface area contributed by atoms with E-state index in [2.05, 4.69) is 53.4 Å². The smallest absolute Gasteiger partial charge is 0.0830 e. The third-order valence-electron chi connectivity index (χ3n) is 5.13. The lowest BCUT2D eigenvalue weighted by molar-refractivity contribution is -0.110. The molecule has 0 aliphatic carbocycles. The maximum atomic E-state index is 6.38. The lowest BCUT2D eigenvalue weighted by Gasteiger charge is -2.50. The molecule has 2 N–H and O–H groups in total. The first-order chi connectivity index (χ1) is 9.15. The van der Waals surface area contributed by atoms with E-state index in [-0.39, 0.29) is 16.7 Å². The molecule has 1 aliphatic heterocycles. The molecule has 0 aromatic heterocycles. The van der Waals surface area contributed by atoms with Gasteiger partial charge in [0.1, 0.15) is 0 Å². The standard InChI is InChI=1S/C17H36N2O/c1-8-10-11-19(14(3)9-2)17(13-18)12-15(4,5)20-16(17,6)7/h14H,8-13,18H2,1-7H3. The highest BCUT2D eigenvalue weighted by atomic mass is 16.5. The van der Waals surface area contributed by atoms with E-state index in [4.69, 9.17) is 10.5 Å². The van der Waals surface area contributed by atoms with Crippen LogP contribution in [0.1, 0.15) is 74.1 Å². The van der Waals surface area contributed by atoms with Crippen molar-refractivity contribution in [3.05, 3.63) is 0 Å². The molecule has 1 saturated heterocycles.